The summed E-state index contributed by atoms with van der Waals surface area (Å²) in [6.45, 7) is 3.35. The van der Waals surface area contributed by atoms with Crippen molar-refractivity contribution in [2.75, 3.05) is 18.4 Å². The first-order valence-corrected chi connectivity index (χ1v) is 10.8. The molecule has 0 radical (unpaired) electrons. The molecule has 0 bridgehead atoms. The number of likely N-dealkylation sites (tertiary alicyclic amines) is 1. The fraction of sp³-hybridized carbons (Fsp3) is 0.308. The highest BCUT2D eigenvalue weighted by atomic mass is 15.5. The van der Waals surface area contributed by atoms with Crippen molar-refractivity contribution in [3.63, 3.8) is 0 Å². The van der Waals surface area contributed by atoms with E-state index in [1.807, 2.05) is 0 Å². The fourth-order valence-electron chi connectivity index (χ4n) is 6.93. The van der Waals surface area contributed by atoms with Gasteiger partial charge in [-0.05, 0) is 35.7 Å². The van der Waals surface area contributed by atoms with Crippen molar-refractivity contribution in [3.8, 4) is 0 Å². The molecule has 3 fully saturated rings. The predicted molar refractivity (Wildman–Crippen MR) is 116 cm³/mol. The maximum absolute atomic E-state index is 3.93. The lowest BCUT2D eigenvalue weighted by molar-refractivity contribution is 0.180. The van der Waals surface area contributed by atoms with Crippen LogP contribution in [0.5, 0.6) is 0 Å². The van der Waals surface area contributed by atoms with Crippen LogP contribution < -0.4 is 5.32 Å². The Morgan fingerprint density at radius 3 is 2.41 bits per heavy atom. The second kappa shape index (κ2) is 5.50. The average molecular weight is 380 g/mol. The topological polar surface area (TPSA) is 18.3 Å². The molecule has 29 heavy (non-hydrogen) atoms. The molecule has 1 N–H and O–H groups in total. The Morgan fingerprint density at radius 1 is 0.862 bits per heavy atom. The largest absolute Gasteiger partial charge is 0.368 e. The molecule has 0 aromatic heterocycles. The minimum absolute atomic E-state index is 0.137. The number of fused-ring (bicyclic) bond motifs is 4. The van der Waals surface area contributed by atoms with Crippen LogP contribution in [0.4, 0.5) is 5.69 Å². The molecular weight excluding hydrogens is 354 g/mol. The summed E-state index contributed by atoms with van der Waals surface area (Å²) < 4.78 is 0. The quantitative estimate of drug-likeness (QED) is 0.689. The van der Waals surface area contributed by atoms with Crippen LogP contribution in [-0.4, -0.2) is 35.1 Å². The van der Waals surface area contributed by atoms with Gasteiger partial charge in [0.15, 0.2) is 0 Å². The van der Waals surface area contributed by atoms with E-state index in [4.69, 9.17) is 0 Å². The first-order valence-electron chi connectivity index (χ1n) is 10.8. The number of piperidine rings is 1. The van der Waals surface area contributed by atoms with Crippen molar-refractivity contribution in [3.05, 3.63) is 102 Å². The number of anilines is 1. The van der Waals surface area contributed by atoms with Gasteiger partial charge in [0.2, 0.25) is 0 Å². The molecule has 3 nitrogen and oxygen atoms in total. The van der Waals surface area contributed by atoms with Gasteiger partial charge < -0.3 is 5.32 Å². The van der Waals surface area contributed by atoms with E-state index < -0.39 is 0 Å². The number of benzene rings is 3. The molecule has 3 saturated heterocycles. The van der Waals surface area contributed by atoms with Gasteiger partial charge in [-0.25, -0.2) is 0 Å². The summed E-state index contributed by atoms with van der Waals surface area (Å²) in [5.74, 6) is 0. The highest BCUT2D eigenvalue weighted by molar-refractivity contribution is 5.67. The summed E-state index contributed by atoms with van der Waals surface area (Å²) in [6, 6.07) is 31.8. The maximum atomic E-state index is 3.93. The molecule has 0 amide bonds. The van der Waals surface area contributed by atoms with Crippen molar-refractivity contribution in [1.29, 1.82) is 0 Å². The van der Waals surface area contributed by atoms with Crippen LogP contribution in [0.2, 0.25) is 0 Å². The van der Waals surface area contributed by atoms with E-state index in [1.165, 1.54) is 28.8 Å². The van der Waals surface area contributed by atoms with Gasteiger partial charge in [-0.1, -0.05) is 78.9 Å². The smallest absolute Gasteiger partial charge is 0.0918 e. The molecule has 1 spiro atoms. The zero-order chi connectivity index (χ0) is 19.1. The van der Waals surface area contributed by atoms with E-state index in [0.29, 0.717) is 12.2 Å². The first-order chi connectivity index (χ1) is 14.3. The molecule has 144 valence electrons. The van der Waals surface area contributed by atoms with E-state index in [1.54, 1.807) is 0 Å². The summed E-state index contributed by atoms with van der Waals surface area (Å²) in [6.07, 6.45) is 1.63. The molecule has 5 atom stereocenters. The highest BCUT2D eigenvalue weighted by Gasteiger charge is 2.80. The maximum Gasteiger partial charge on any atom is 0.0918 e. The molecule has 3 aromatic rings. The number of para-hydroxylation sites is 1. The minimum atomic E-state index is 0.137. The van der Waals surface area contributed by atoms with E-state index in [0.717, 1.165) is 19.6 Å². The van der Waals surface area contributed by atoms with Crippen LogP contribution in [0.25, 0.3) is 0 Å². The summed E-state index contributed by atoms with van der Waals surface area (Å²) in [7, 11) is 0. The van der Waals surface area contributed by atoms with Crippen molar-refractivity contribution in [2.24, 2.45) is 0 Å². The first kappa shape index (κ1) is 16.2. The van der Waals surface area contributed by atoms with E-state index >= 15 is 0 Å². The number of nitrogens with one attached hydrogen (secondary N) is 1. The lowest BCUT2D eigenvalue weighted by Gasteiger charge is -2.37. The Morgan fingerprint density at radius 2 is 1.59 bits per heavy atom. The van der Waals surface area contributed by atoms with Gasteiger partial charge in [0.1, 0.15) is 0 Å². The molecule has 4 aliphatic heterocycles. The molecule has 1 unspecified atom stereocenters. The Balaban J connectivity index is 1.39. The van der Waals surface area contributed by atoms with Gasteiger partial charge in [0, 0.05) is 24.8 Å². The Bertz CT molecular complexity index is 1080. The van der Waals surface area contributed by atoms with Crippen molar-refractivity contribution < 1.29 is 0 Å². The molecule has 3 heteroatoms. The summed E-state index contributed by atoms with van der Waals surface area (Å²) in [4.78, 5) is 5.52. The third kappa shape index (κ3) is 1.90. The Labute approximate surface area is 172 Å². The molecule has 4 heterocycles. The standard InChI is InChI=1S/C26H25N3/c1-3-9-19(10-4-1)17-28-16-15-25-21-13-7-8-14-22(21)27-24(25)29-18-26(29,23(25)28)20-11-5-2-6-12-20/h1-14,23-24,27H,15-18H2/t23-,24+,25-,26-,29?/m0/s1. The third-order valence-electron chi connectivity index (χ3n) is 7.96. The van der Waals surface area contributed by atoms with Crippen molar-refractivity contribution in [1.82, 2.24) is 9.80 Å². The van der Waals surface area contributed by atoms with Gasteiger partial charge in [0.25, 0.3) is 0 Å². The van der Waals surface area contributed by atoms with Crippen LogP contribution in [-0.2, 0) is 17.5 Å². The highest BCUT2D eigenvalue weighted by Crippen LogP contribution is 2.69. The third-order valence-corrected chi connectivity index (χ3v) is 7.96. The fourth-order valence-corrected chi connectivity index (χ4v) is 6.93. The number of rotatable bonds is 3. The molecule has 0 saturated carbocycles. The molecule has 4 aliphatic rings. The van der Waals surface area contributed by atoms with Gasteiger partial charge in [-0.2, -0.15) is 0 Å². The van der Waals surface area contributed by atoms with E-state index in [9.17, 15) is 0 Å². The van der Waals surface area contributed by atoms with E-state index in [-0.39, 0.29) is 11.0 Å². The lowest BCUT2D eigenvalue weighted by Crippen LogP contribution is -2.50. The van der Waals surface area contributed by atoms with Gasteiger partial charge in [-0.15, -0.1) is 0 Å². The molecular formula is C26H25N3. The molecule has 3 aromatic carbocycles. The van der Waals surface area contributed by atoms with Crippen LogP contribution in [0.1, 0.15) is 23.1 Å². The predicted octanol–water partition coefficient (Wildman–Crippen LogP) is 4.18. The minimum Gasteiger partial charge on any atom is -0.368 e. The Kier molecular flexibility index (Phi) is 3.07. The van der Waals surface area contributed by atoms with Gasteiger partial charge in [0.05, 0.1) is 17.1 Å². The number of hydrogen-bond donors (Lipinski definition) is 1. The second-order valence-corrected chi connectivity index (χ2v) is 9.16. The summed E-state index contributed by atoms with van der Waals surface area (Å²) >= 11 is 0. The van der Waals surface area contributed by atoms with Gasteiger partial charge in [-0.3, -0.25) is 9.80 Å². The summed E-state index contributed by atoms with van der Waals surface area (Å²) in [5.41, 5.74) is 6.10. The number of hydrogen-bond acceptors (Lipinski definition) is 3. The zero-order valence-corrected chi connectivity index (χ0v) is 16.5. The Hall–Kier alpha value is -2.62. The summed E-state index contributed by atoms with van der Waals surface area (Å²) in [5, 5.41) is 3.93. The van der Waals surface area contributed by atoms with Crippen molar-refractivity contribution in [2.45, 2.75) is 36.1 Å². The lowest BCUT2D eigenvalue weighted by atomic mass is 9.70. The van der Waals surface area contributed by atoms with Crippen molar-refractivity contribution >= 4 is 5.69 Å². The van der Waals surface area contributed by atoms with E-state index in [2.05, 4.69) is 100 Å². The molecule has 0 aliphatic carbocycles. The number of nitrogens with zero attached hydrogens (tertiary/aromatic N) is 2. The monoisotopic (exact) mass is 379 g/mol. The van der Waals surface area contributed by atoms with Crippen LogP contribution in [0.3, 0.4) is 0 Å². The average Bonchev–Trinajstić information content (AvgIpc) is 3.14. The zero-order valence-electron chi connectivity index (χ0n) is 16.5. The van der Waals surface area contributed by atoms with Crippen LogP contribution >= 0.6 is 0 Å². The van der Waals surface area contributed by atoms with Gasteiger partial charge >= 0.3 is 0 Å². The normalized spacial score (nSPS) is 36.1. The SMILES string of the molecule is c1ccc(CN2CC[C@@]34c5ccccc5N[C@@H]3N3C[C@]3(c3ccccc3)[C@@H]24)cc1. The van der Waals surface area contributed by atoms with Crippen LogP contribution in [0.15, 0.2) is 84.9 Å². The molecule has 7 rings (SSSR count). The van der Waals surface area contributed by atoms with Crippen LogP contribution in [0, 0.1) is 0 Å². The second-order valence-electron chi connectivity index (χ2n) is 9.16.